The number of ketones is 1. The molecule has 0 aromatic heterocycles. The Morgan fingerprint density at radius 1 is 1.12 bits per heavy atom. The fraction of sp³-hybridized carbons (Fsp3) is 0.364. The second-order valence-electron chi connectivity index (χ2n) is 6.72. The summed E-state index contributed by atoms with van der Waals surface area (Å²) in [6, 6.07) is 15.4. The molecule has 0 spiro atoms. The van der Waals surface area contributed by atoms with E-state index in [1.807, 2.05) is 41.3 Å². The lowest BCUT2D eigenvalue weighted by Crippen LogP contribution is -2.38. The molecule has 2 aromatic carbocycles. The van der Waals surface area contributed by atoms with Crippen LogP contribution in [0.5, 0.6) is 5.75 Å². The molecule has 1 amide bonds. The van der Waals surface area contributed by atoms with Crippen LogP contribution in [-0.4, -0.2) is 30.2 Å². The molecule has 1 aliphatic heterocycles. The summed E-state index contributed by atoms with van der Waals surface area (Å²) in [4.78, 5) is 26.7. The van der Waals surface area contributed by atoms with Gasteiger partial charge < -0.3 is 9.64 Å². The number of carbonyl (C=O) groups excluding carboxylic acids is 2. The first kappa shape index (κ1) is 18.2. The van der Waals surface area contributed by atoms with Gasteiger partial charge in [-0.1, -0.05) is 36.4 Å². The third kappa shape index (κ3) is 3.96. The van der Waals surface area contributed by atoms with Crippen LogP contribution in [0.25, 0.3) is 0 Å². The van der Waals surface area contributed by atoms with Crippen molar-refractivity contribution in [2.75, 3.05) is 13.7 Å². The van der Waals surface area contributed by atoms with Gasteiger partial charge in [0.15, 0.2) is 5.78 Å². The summed E-state index contributed by atoms with van der Waals surface area (Å²) < 4.78 is 5.29. The van der Waals surface area contributed by atoms with Gasteiger partial charge in [-0.05, 0) is 43.0 Å². The quantitative estimate of drug-likeness (QED) is 0.733. The van der Waals surface area contributed by atoms with Gasteiger partial charge in [-0.25, -0.2) is 0 Å². The summed E-state index contributed by atoms with van der Waals surface area (Å²) in [7, 11) is 1.67. The van der Waals surface area contributed by atoms with Crippen molar-refractivity contribution in [3.63, 3.8) is 0 Å². The maximum absolute atomic E-state index is 12.6. The van der Waals surface area contributed by atoms with Gasteiger partial charge in [-0.3, -0.25) is 9.59 Å². The molecule has 4 heteroatoms. The van der Waals surface area contributed by atoms with Gasteiger partial charge in [-0.15, -0.1) is 0 Å². The lowest BCUT2D eigenvalue weighted by atomic mass is 9.93. The summed E-state index contributed by atoms with van der Waals surface area (Å²) in [5, 5.41) is 0. The minimum atomic E-state index is 0.0574. The van der Waals surface area contributed by atoms with Crippen LogP contribution in [0.2, 0.25) is 0 Å². The van der Waals surface area contributed by atoms with E-state index in [2.05, 4.69) is 19.1 Å². The van der Waals surface area contributed by atoms with Crippen molar-refractivity contribution in [2.45, 2.75) is 38.6 Å². The molecule has 0 N–H and O–H groups in total. The summed E-state index contributed by atoms with van der Waals surface area (Å²) in [6.07, 6.45) is 2.25. The van der Waals surface area contributed by atoms with Crippen molar-refractivity contribution in [1.82, 2.24) is 4.90 Å². The third-order valence-electron chi connectivity index (χ3n) is 5.10. The van der Waals surface area contributed by atoms with E-state index in [1.54, 1.807) is 7.11 Å². The molecule has 0 radical (unpaired) electrons. The molecule has 1 aliphatic rings. The van der Waals surface area contributed by atoms with E-state index in [-0.39, 0.29) is 17.7 Å². The Kier molecular flexibility index (Phi) is 5.71. The second-order valence-corrected chi connectivity index (χ2v) is 6.72. The average molecular weight is 351 g/mol. The highest BCUT2D eigenvalue weighted by Crippen LogP contribution is 2.32. The van der Waals surface area contributed by atoms with Crippen molar-refractivity contribution < 1.29 is 14.3 Å². The molecule has 1 atom stereocenters. The van der Waals surface area contributed by atoms with E-state index >= 15 is 0 Å². The molecule has 0 saturated heterocycles. The normalized spacial score (nSPS) is 16.1. The number of carbonyl (C=O) groups is 2. The zero-order chi connectivity index (χ0) is 18.5. The van der Waals surface area contributed by atoms with Gasteiger partial charge in [0.2, 0.25) is 5.91 Å². The number of nitrogens with zero attached hydrogens (tertiary/aromatic N) is 1. The van der Waals surface area contributed by atoms with Crippen molar-refractivity contribution in [1.29, 1.82) is 0 Å². The second kappa shape index (κ2) is 8.17. The van der Waals surface area contributed by atoms with E-state index < -0.39 is 0 Å². The molecule has 1 unspecified atom stereocenters. The highest BCUT2D eigenvalue weighted by atomic mass is 16.5. The Bertz CT molecular complexity index is 785. The van der Waals surface area contributed by atoms with E-state index in [4.69, 9.17) is 4.74 Å². The van der Waals surface area contributed by atoms with Crippen LogP contribution >= 0.6 is 0 Å². The van der Waals surface area contributed by atoms with Crippen LogP contribution in [0.15, 0.2) is 48.5 Å². The molecule has 0 fully saturated rings. The average Bonchev–Trinajstić information content (AvgIpc) is 2.68. The Hall–Kier alpha value is -2.62. The topological polar surface area (TPSA) is 46.6 Å². The lowest BCUT2D eigenvalue weighted by molar-refractivity contribution is -0.133. The predicted octanol–water partition coefficient (Wildman–Crippen LogP) is 4.19. The van der Waals surface area contributed by atoms with Crippen molar-refractivity contribution >= 4 is 11.7 Å². The number of methoxy groups -OCH3 is 1. The van der Waals surface area contributed by atoms with E-state index in [1.165, 1.54) is 11.1 Å². The monoisotopic (exact) mass is 351 g/mol. The molecule has 2 aromatic rings. The smallest absolute Gasteiger partial charge is 0.223 e. The van der Waals surface area contributed by atoms with Crippen molar-refractivity contribution in [2.24, 2.45) is 0 Å². The van der Waals surface area contributed by atoms with Gasteiger partial charge in [0.25, 0.3) is 0 Å². The molecule has 3 rings (SSSR count). The highest BCUT2D eigenvalue weighted by molar-refractivity contribution is 5.96. The number of Topliss-reactive ketones (excluding diaryl/α,β-unsaturated/α-hetero) is 1. The first-order chi connectivity index (χ1) is 12.6. The molecule has 0 bridgehead atoms. The Balaban J connectivity index is 1.56. The molecule has 1 heterocycles. The first-order valence-electron chi connectivity index (χ1n) is 9.14. The highest BCUT2D eigenvalue weighted by Gasteiger charge is 2.27. The fourth-order valence-corrected chi connectivity index (χ4v) is 3.59. The minimum Gasteiger partial charge on any atom is -0.497 e. The summed E-state index contributed by atoms with van der Waals surface area (Å²) in [5.74, 6) is 1.08. The van der Waals surface area contributed by atoms with E-state index in [0.29, 0.717) is 31.4 Å². The maximum atomic E-state index is 12.6. The summed E-state index contributed by atoms with van der Waals surface area (Å²) in [6.45, 7) is 2.78. The molecule has 0 saturated carbocycles. The zero-order valence-electron chi connectivity index (χ0n) is 15.4. The number of ether oxygens (including phenoxy) is 1. The standard InChI is InChI=1S/C22H25NO3/c1-16-20-12-11-19(26-2)15-18(20)13-14-23(16)22(25)10-6-9-21(24)17-7-4-3-5-8-17/h3-5,7-8,11-12,15-16H,6,9-10,13-14H2,1-2H3. The molecular formula is C22H25NO3. The van der Waals surface area contributed by atoms with Crippen LogP contribution in [0.1, 0.15) is 53.7 Å². The Morgan fingerprint density at radius 2 is 1.88 bits per heavy atom. The Morgan fingerprint density at radius 3 is 2.62 bits per heavy atom. The zero-order valence-corrected chi connectivity index (χ0v) is 15.4. The van der Waals surface area contributed by atoms with Crippen LogP contribution in [0, 0.1) is 0 Å². The lowest BCUT2D eigenvalue weighted by Gasteiger charge is -2.35. The molecule has 0 aliphatic carbocycles. The van der Waals surface area contributed by atoms with Gasteiger partial charge >= 0.3 is 0 Å². The number of fused-ring (bicyclic) bond motifs is 1. The molecular weight excluding hydrogens is 326 g/mol. The molecule has 136 valence electrons. The van der Waals surface area contributed by atoms with Crippen LogP contribution < -0.4 is 4.74 Å². The fourth-order valence-electron chi connectivity index (χ4n) is 3.59. The summed E-state index contributed by atoms with van der Waals surface area (Å²) >= 11 is 0. The van der Waals surface area contributed by atoms with Gasteiger partial charge in [0.05, 0.1) is 13.2 Å². The van der Waals surface area contributed by atoms with Crippen molar-refractivity contribution in [3.05, 3.63) is 65.2 Å². The van der Waals surface area contributed by atoms with Crippen molar-refractivity contribution in [3.8, 4) is 5.75 Å². The number of benzene rings is 2. The minimum absolute atomic E-state index is 0.0574. The van der Waals surface area contributed by atoms with E-state index in [0.717, 1.165) is 12.2 Å². The van der Waals surface area contributed by atoms with E-state index in [9.17, 15) is 9.59 Å². The largest absolute Gasteiger partial charge is 0.497 e. The number of rotatable bonds is 6. The maximum Gasteiger partial charge on any atom is 0.223 e. The van der Waals surface area contributed by atoms with Gasteiger partial charge in [0, 0.05) is 24.9 Å². The van der Waals surface area contributed by atoms with Crippen LogP contribution in [0.3, 0.4) is 0 Å². The SMILES string of the molecule is COc1ccc2c(c1)CCN(C(=O)CCCC(=O)c1ccccc1)C2C. The first-order valence-corrected chi connectivity index (χ1v) is 9.14. The van der Waals surface area contributed by atoms with Gasteiger partial charge in [-0.2, -0.15) is 0 Å². The van der Waals surface area contributed by atoms with Gasteiger partial charge in [0.1, 0.15) is 5.75 Å². The van der Waals surface area contributed by atoms with Crippen LogP contribution in [0.4, 0.5) is 0 Å². The Labute approximate surface area is 154 Å². The van der Waals surface area contributed by atoms with Crippen LogP contribution in [-0.2, 0) is 11.2 Å². The number of hydrogen-bond donors (Lipinski definition) is 0. The number of amides is 1. The molecule has 4 nitrogen and oxygen atoms in total. The predicted molar refractivity (Wildman–Crippen MR) is 101 cm³/mol. The summed E-state index contributed by atoms with van der Waals surface area (Å²) in [5.41, 5.74) is 3.15. The third-order valence-corrected chi connectivity index (χ3v) is 5.10. The molecule has 26 heavy (non-hydrogen) atoms. The number of hydrogen-bond acceptors (Lipinski definition) is 3.